The zero-order valence-corrected chi connectivity index (χ0v) is 15.0. The number of carbonyl (C=O) groups is 1. The number of hydrogen-bond donors (Lipinski definition) is 1. The Morgan fingerprint density at radius 3 is 2.50 bits per heavy atom. The molecule has 22 heavy (non-hydrogen) atoms. The summed E-state index contributed by atoms with van der Waals surface area (Å²) in [6, 6.07) is 2.30. The van der Waals surface area contributed by atoms with Crippen LogP contribution < -0.4 is 10.2 Å². The maximum Gasteiger partial charge on any atom is 0.225 e. The van der Waals surface area contributed by atoms with Gasteiger partial charge in [0.25, 0.3) is 0 Å². The number of carbonyl (C=O) groups excluding carboxylic acids is 1. The van der Waals surface area contributed by atoms with Crippen molar-refractivity contribution < 1.29 is 4.79 Å². The Labute approximate surface area is 137 Å². The lowest BCUT2D eigenvalue weighted by Gasteiger charge is -2.34. The number of nitrogens with zero attached hydrogens (tertiary/aromatic N) is 3. The molecule has 1 aromatic heterocycles. The molecule has 0 unspecified atom stereocenters. The second-order valence-corrected chi connectivity index (χ2v) is 7.61. The average molecular weight is 322 g/mol. The molecule has 1 N–H and O–H groups in total. The molecule has 1 saturated heterocycles. The normalized spacial score (nSPS) is 16.7. The van der Waals surface area contributed by atoms with E-state index in [1.54, 1.807) is 11.8 Å². The maximum atomic E-state index is 12.1. The van der Waals surface area contributed by atoms with E-state index in [2.05, 4.69) is 20.2 Å². The molecule has 6 heteroatoms. The van der Waals surface area contributed by atoms with E-state index in [0.717, 1.165) is 42.6 Å². The molecule has 5 nitrogen and oxygen atoms in total. The lowest BCUT2D eigenvalue weighted by Crippen LogP contribution is -2.48. The van der Waals surface area contributed by atoms with Crippen LogP contribution >= 0.6 is 11.8 Å². The van der Waals surface area contributed by atoms with Gasteiger partial charge in [0.1, 0.15) is 5.82 Å². The summed E-state index contributed by atoms with van der Waals surface area (Å²) in [6.45, 7) is 9.68. The first-order valence-corrected chi connectivity index (χ1v) is 8.97. The van der Waals surface area contributed by atoms with Crippen molar-refractivity contribution in [2.75, 3.05) is 24.2 Å². The lowest BCUT2D eigenvalue weighted by atomic mass is 9.94. The Morgan fingerprint density at radius 1 is 1.32 bits per heavy atom. The van der Waals surface area contributed by atoms with Crippen molar-refractivity contribution in [1.82, 2.24) is 15.3 Å². The van der Waals surface area contributed by atoms with Gasteiger partial charge in [-0.25, -0.2) is 9.97 Å². The van der Waals surface area contributed by atoms with E-state index in [4.69, 9.17) is 0 Å². The molecule has 2 rings (SSSR count). The van der Waals surface area contributed by atoms with Crippen molar-refractivity contribution in [2.24, 2.45) is 5.41 Å². The van der Waals surface area contributed by atoms with Crippen LogP contribution in [0.3, 0.4) is 0 Å². The van der Waals surface area contributed by atoms with Gasteiger partial charge in [0.05, 0.1) is 0 Å². The van der Waals surface area contributed by atoms with Gasteiger partial charge in [-0.1, -0.05) is 32.5 Å². The molecule has 122 valence electrons. The van der Waals surface area contributed by atoms with Gasteiger partial charge in [-0.15, -0.1) is 0 Å². The highest BCUT2D eigenvalue weighted by atomic mass is 32.2. The highest BCUT2D eigenvalue weighted by Crippen LogP contribution is 2.22. The van der Waals surface area contributed by atoms with E-state index in [0.29, 0.717) is 0 Å². The zero-order chi connectivity index (χ0) is 16.3. The van der Waals surface area contributed by atoms with Crippen molar-refractivity contribution in [2.45, 2.75) is 51.7 Å². The largest absolute Gasteiger partial charge is 0.356 e. The summed E-state index contributed by atoms with van der Waals surface area (Å²) in [6.07, 6.45) is 3.91. The van der Waals surface area contributed by atoms with E-state index >= 15 is 0 Å². The van der Waals surface area contributed by atoms with Crippen LogP contribution in [0.2, 0.25) is 0 Å². The van der Waals surface area contributed by atoms with E-state index in [1.165, 1.54) is 0 Å². The predicted octanol–water partition coefficient (Wildman–Crippen LogP) is 2.64. The molecule has 0 saturated carbocycles. The number of piperidine rings is 1. The second kappa shape index (κ2) is 6.86. The van der Waals surface area contributed by atoms with Gasteiger partial charge in [0, 0.05) is 36.3 Å². The fraction of sp³-hybridized carbons (Fsp3) is 0.688. The molecule has 1 aliphatic heterocycles. The van der Waals surface area contributed by atoms with Gasteiger partial charge in [-0.2, -0.15) is 0 Å². The first-order valence-electron chi connectivity index (χ1n) is 7.75. The molecule has 0 radical (unpaired) electrons. The predicted molar refractivity (Wildman–Crippen MR) is 91.4 cm³/mol. The monoisotopic (exact) mass is 322 g/mol. The Bertz CT molecular complexity index is 533. The number of aromatic nitrogens is 2. The average Bonchev–Trinajstić information content (AvgIpc) is 2.46. The first kappa shape index (κ1) is 17.1. The number of rotatable bonds is 3. The van der Waals surface area contributed by atoms with Crippen LogP contribution in [0.5, 0.6) is 0 Å². The van der Waals surface area contributed by atoms with Gasteiger partial charge < -0.3 is 10.2 Å². The summed E-state index contributed by atoms with van der Waals surface area (Å²) in [4.78, 5) is 23.3. The molecular weight excluding hydrogens is 296 g/mol. The topological polar surface area (TPSA) is 58.1 Å². The quantitative estimate of drug-likeness (QED) is 0.685. The summed E-state index contributed by atoms with van der Waals surface area (Å²) >= 11 is 1.57. The van der Waals surface area contributed by atoms with E-state index < -0.39 is 0 Å². The van der Waals surface area contributed by atoms with Crippen LogP contribution in [0.15, 0.2) is 11.2 Å². The fourth-order valence-corrected chi connectivity index (χ4v) is 2.85. The maximum absolute atomic E-state index is 12.1. The molecule has 1 fully saturated rings. The molecule has 0 aromatic carbocycles. The highest BCUT2D eigenvalue weighted by molar-refractivity contribution is 7.98. The second-order valence-electron chi connectivity index (χ2n) is 6.84. The van der Waals surface area contributed by atoms with Crippen molar-refractivity contribution in [3.8, 4) is 0 Å². The van der Waals surface area contributed by atoms with Crippen LogP contribution in [-0.2, 0) is 4.79 Å². The van der Waals surface area contributed by atoms with Crippen LogP contribution in [0, 0.1) is 12.3 Å². The molecule has 0 atom stereocenters. The fourth-order valence-electron chi connectivity index (χ4n) is 2.43. The number of hydrogen-bond acceptors (Lipinski definition) is 5. The van der Waals surface area contributed by atoms with Gasteiger partial charge in [0.2, 0.25) is 5.91 Å². The van der Waals surface area contributed by atoms with Gasteiger partial charge in [0.15, 0.2) is 5.16 Å². The lowest BCUT2D eigenvalue weighted by molar-refractivity contribution is -0.129. The van der Waals surface area contributed by atoms with Crippen LogP contribution in [0.25, 0.3) is 0 Å². The third kappa shape index (κ3) is 4.35. The molecule has 1 aromatic rings. The Balaban J connectivity index is 1.95. The molecule has 0 bridgehead atoms. The minimum Gasteiger partial charge on any atom is -0.356 e. The summed E-state index contributed by atoms with van der Waals surface area (Å²) in [7, 11) is 0. The number of anilines is 1. The number of aryl methyl sites for hydroxylation is 1. The summed E-state index contributed by atoms with van der Waals surface area (Å²) in [5.74, 6) is 1.13. The molecule has 0 spiro atoms. The van der Waals surface area contributed by atoms with E-state index in [9.17, 15) is 4.79 Å². The highest BCUT2D eigenvalue weighted by Gasteiger charge is 2.27. The van der Waals surface area contributed by atoms with Gasteiger partial charge in [-0.3, -0.25) is 4.79 Å². The van der Waals surface area contributed by atoms with Crippen LogP contribution in [0.4, 0.5) is 5.82 Å². The summed E-state index contributed by atoms with van der Waals surface area (Å²) in [5, 5.41) is 3.98. The molecular formula is C16H26N4OS. The number of thioether (sulfide) groups is 1. The number of amides is 1. The molecule has 0 aliphatic carbocycles. The third-order valence-electron chi connectivity index (χ3n) is 3.84. The van der Waals surface area contributed by atoms with Crippen LogP contribution in [0.1, 0.15) is 39.3 Å². The summed E-state index contributed by atoms with van der Waals surface area (Å²) < 4.78 is 0. The van der Waals surface area contributed by atoms with Gasteiger partial charge in [-0.05, 0) is 26.0 Å². The Hall–Kier alpha value is -1.30. The van der Waals surface area contributed by atoms with Crippen molar-refractivity contribution >= 4 is 23.5 Å². The third-order valence-corrected chi connectivity index (χ3v) is 4.39. The Kier molecular flexibility index (Phi) is 5.32. The molecule has 1 aliphatic rings. The van der Waals surface area contributed by atoms with Crippen molar-refractivity contribution in [3.63, 3.8) is 0 Å². The summed E-state index contributed by atoms with van der Waals surface area (Å²) in [5.41, 5.74) is 0.672. The minimum absolute atomic E-state index is 0.133. The minimum atomic E-state index is -0.325. The van der Waals surface area contributed by atoms with E-state index in [-0.39, 0.29) is 17.4 Å². The molecule has 1 amide bonds. The Morgan fingerprint density at radius 2 is 1.95 bits per heavy atom. The SMILES string of the molecule is CSc1nc(C)cc(N2CCC(NC(=O)C(C)(C)C)CC2)n1. The standard InChI is InChI=1S/C16H26N4OS/c1-11-10-13(19-15(17-11)22-5)20-8-6-12(7-9-20)18-14(21)16(2,3)4/h10,12H,6-9H2,1-5H3,(H,18,21). The first-order chi connectivity index (χ1) is 10.3. The zero-order valence-electron chi connectivity index (χ0n) is 14.1. The smallest absolute Gasteiger partial charge is 0.225 e. The van der Waals surface area contributed by atoms with Gasteiger partial charge >= 0.3 is 0 Å². The number of nitrogens with one attached hydrogen (secondary N) is 1. The van der Waals surface area contributed by atoms with Crippen molar-refractivity contribution in [1.29, 1.82) is 0 Å². The molecule has 2 heterocycles. The van der Waals surface area contributed by atoms with E-state index in [1.807, 2.05) is 40.0 Å². The van der Waals surface area contributed by atoms with Crippen molar-refractivity contribution in [3.05, 3.63) is 11.8 Å². The van der Waals surface area contributed by atoms with Crippen LogP contribution in [-0.4, -0.2) is 41.3 Å².